The average molecular weight is 348 g/mol. The van der Waals surface area contributed by atoms with Crippen molar-refractivity contribution in [1.82, 2.24) is 4.31 Å². The lowest BCUT2D eigenvalue weighted by Crippen LogP contribution is -2.37. The summed E-state index contributed by atoms with van der Waals surface area (Å²) >= 11 is 5.63. The Balaban J connectivity index is 3.42. The first kappa shape index (κ1) is 18.1. The van der Waals surface area contributed by atoms with Crippen LogP contribution in [0.4, 0.5) is 4.39 Å². The summed E-state index contributed by atoms with van der Waals surface area (Å²) < 4.78 is 44.2. The monoisotopic (exact) mass is 347 g/mol. The molecule has 0 aliphatic heterocycles. The van der Waals surface area contributed by atoms with Crippen LogP contribution >= 0.6 is 11.6 Å². The second-order valence-electron chi connectivity index (χ2n) is 3.88. The number of halogens is 2. The van der Waals surface area contributed by atoms with Gasteiger partial charge in [0.1, 0.15) is 18.4 Å². The largest absolute Gasteiger partial charge is 0.404 e. The predicted molar refractivity (Wildman–Crippen MR) is 83.3 cm³/mol. The molecule has 22 heavy (non-hydrogen) atoms. The topological polar surface area (TPSA) is 85.0 Å². The molecular formula is C13H15ClFN3O3S. The van der Waals surface area contributed by atoms with Crippen molar-refractivity contribution in [2.75, 3.05) is 13.8 Å². The van der Waals surface area contributed by atoms with Gasteiger partial charge >= 0.3 is 0 Å². The number of hydrogen-bond acceptors (Lipinski definition) is 5. The molecule has 1 aromatic rings. The lowest BCUT2D eigenvalue weighted by Gasteiger charge is -2.23. The number of nitrogens with two attached hydrogens (primary N) is 1. The van der Waals surface area contributed by atoms with Gasteiger partial charge in [-0.25, -0.2) is 22.1 Å². The molecule has 0 amide bonds. The molecule has 0 aromatic heterocycles. The first-order valence-corrected chi connectivity index (χ1v) is 7.74. The molecule has 0 radical (unpaired) electrons. The molecule has 0 bridgehead atoms. The van der Waals surface area contributed by atoms with E-state index in [0.29, 0.717) is 0 Å². The number of nitrogens with zero attached hydrogens (tertiary/aromatic N) is 2. The second kappa shape index (κ2) is 7.92. The molecule has 0 aliphatic rings. The fourth-order valence-corrected chi connectivity index (χ4v) is 3.12. The third kappa shape index (κ3) is 4.06. The maximum absolute atomic E-state index is 13.2. The highest BCUT2D eigenvalue weighted by Crippen LogP contribution is 2.23. The highest BCUT2D eigenvalue weighted by Gasteiger charge is 2.27. The van der Waals surface area contributed by atoms with Crippen LogP contribution in [0, 0.1) is 5.82 Å². The number of aliphatic imine (C=N–C) groups is 1. The van der Waals surface area contributed by atoms with Crippen molar-refractivity contribution in [2.45, 2.75) is 4.90 Å². The molecule has 1 rings (SSSR count). The lowest BCUT2D eigenvalue weighted by atomic mass is 10.3. The minimum Gasteiger partial charge on any atom is -0.404 e. The van der Waals surface area contributed by atoms with E-state index in [-0.39, 0.29) is 22.5 Å². The standard InChI is InChI=1S/C13H15ClFN3O3S/c1-3-17-13(6-7-16)18(9-21-2)22(19,20)10-4-5-12(15)11(14)8-10/h3-8H,1,9,16H2,2H3/b7-6-,17-13+. The summed E-state index contributed by atoms with van der Waals surface area (Å²) in [6.45, 7) is 3.09. The maximum Gasteiger partial charge on any atom is 0.267 e. The summed E-state index contributed by atoms with van der Waals surface area (Å²) in [5.74, 6) is -0.736. The van der Waals surface area contributed by atoms with Crippen molar-refractivity contribution in [3.63, 3.8) is 0 Å². The van der Waals surface area contributed by atoms with Crippen molar-refractivity contribution < 1.29 is 17.5 Å². The summed E-state index contributed by atoms with van der Waals surface area (Å²) in [5, 5.41) is -0.310. The van der Waals surface area contributed by atoms with Crippen molar-refractivity contribution in [3.05, 3.63) is 54.1 Å². The van der Waals surface area contributed by atoms with E-state index in [1.165, 1.54) is 13.2 Å². The fourth-order valence-electron chi connectivity index (χ4n) is 1.51. The van der Waals surface area contributed by atoms with E-state index in [9.17, 15) is 12.8 Å². The second-order valence-corrected chi connectivity index (χ2v) is 6.15. The van der Waals surface area contributed by atoms with Crippen LogP contribution in [-0.2, 0) is 14.8 Å². The summed E-state index contributed by atoms with van der Waals surface area (Å²) in [4.78, 5) is 3.63. The molecule has 0 heterocycles. The summed E-state index contributed by atoms with van der Waals surface area (Å²) in [5.41, 5.74) is 5.29. The molecule has 9 heteroatoms. The third-order valence-corrected chi connectivity index (χ3v) is 4.46. The van der Waals surface area contributed by atoms with Gasteiger partial charge in [0, 0.05) is 13.3 Å². The van der Waals surface area contributed by atoms with Gasteiger partial charge in [0.15, 0.2) is 0 Å². The fraction of sp³-hybridized carbons (Fsp3) is 0.154. The van der Waals surface area contributed by atoms with Gasteiger partial charge in [-0.1, -0.05) is 18.2 Å². The van der Waals surface area contributed by atoms with Gasteiger partial charge in [0.05, 0.1) is 9.92 Å². The first-order valence-electron chi connectivity index (χ1n) is 5.92. The Bertz CT molecular complexity index is 704. The van der Waals surface area contributed by atoms with Crippen LogP contribution in [0.25, 0.3) is 0 Å². The number of ether oxygens (including phenoxy) is 1. The first-order chi connectivity index (χ1) is 10.4. The molecular weight excluding hydrogens is 333 g/mol. The number of benzene rings is 1. The molecule has 0 aliphatic carbocycles. The zero-order chi connectivity index (χ0) is 16.8. The van der Waals surface area contributed by atoms with Crippen LogP contribution in [0.3, 0.4) is 0 Å². The smallest absolute Gasteiger partial charge is 0.267 e. The van der Waals surface area contributed by atoms with E-state index in [1.807, 2.05) is 0 Å². The van der Waals surface area contributed by atoms with Crippen molar-refractivity contribution in [2.24, 2.45) is 10.7 Å². The highest BCUT2D eigenvalue weighted by molar-refractivity contribution is 7.89. The Morgan fingerprint density at radius 3 is 2.77 bits per heavy atom. The van der Waals surface area contributed by atoms with Gasteiger partial charge in [-0.2, -0.15) is 0 Å². The summed E-state index contributed by atoms with van der Waals surface area (Å²) in [6.07, 6.45) is 3.55. The Morgan fingerprint density at radius 2 is 2.27 bits per heavy atom. The van der Waals surface area contributed by atoms with Gasteiger partial charge < -0.3 is 10.5 Å². The molecule has 1 aromatic carbocycles. The van der Waals surface area contributed by atoms with Crippen LogP contribution in [0.15, 0.2) is 53.1 Å². The van der Waals surface area contributed by atoms with Crippen LogP contribution in [-0.4, -0.2) is 32.4 Å². The number of hydrogen-bond donors (Lipinski definition) is 1. The third-order valence-electron chi connectivity index (χ3n) is 2.45. The normalized spacial score (nSPS) is 12.6. The maximum atomic E-state index is 13.2. The number of sulfonamides is 1. The number of methoxy groups -OCH3 is 1. The summed E-state index contributed by atoms with van der Waals surface area (Å²) in [6, 6.07) is 3.06. The number of rotatable bonds is 6. The van der Waals surface area contributed by atoms with E-state index >= 15 is 0 Å². The molecule has 120 valence electrons. The van der Waals surface area contributed by atoms with Gasteiger partial charge in [-0.05, 0) is 30.5 Å². The van der Waals surface area contributed by atoms with Gasteiger partial charge in [0.2, 0.25) is 0 Å². The molecule has 0 fully saturated rings. The molecule has 0 saturated heterocycles. The molecule has 2 N–H and O–H groups in total. The van der Waals surface area contributed by atoms with Crippen LogP contribution in [0.2, 0.25) is 5.02 Å². The van der Waals surface area contributed by atoms with Gasteiger partial charge in [-0.3, -0.25) is 0 Å². The Kier molecular flexibility index (Phi) is 6.54. The van der Waals surface area contributed by atoms with E-state index in [4.69, 9.17) is 22.1 Å². The average Bonchev–Trinajstić information content (AvgIpc) is 2.47. The molecule has 0 saturated carbocycles. The molecule has 0 unspecified atom stereocenters. The zero-order valence-corrected chi connectivity index (χ0v) is 13.3. The van der Waals surface area contributed by atoms with E-state index < -0.39 is 15.8 Å². The molecule has 0 atom stereocenters. The quantitative estimate of drug-likeness (QED) is 0.485. The van der Waals surface area contributed by atoms with Gasteiger partial charge in [-0.15, -0.1) is 0 Å². The van der Waals surface area contributed by atoms with E-state index in [0.717, 1.165) is 34.9 Å². The van der Waals surface area contributed by atoms with E-state index in [2.05, 4.69) is 11.6 Å². The van der Waals surface area contributed by atoms with Crippen molar-refractivity contribution in [1.29, 1.82) is 0 Å². The molecule has 6 nitrogen and oxygen atoms in total. The lowest BCUT2D eigenvalue weighted by molar-refractivity contribution is 0.150. The van der Waals surface area contributed by atoms with Crippen molar-refractivity contribution in [3.8, 4) is 0 Å². The SMILES string of the molecule is C=C/N=C(\C=C/N)N(COC)S(=O)(=O)c1ccc(F)c(Cl)c1. The Labute approximate surface area is 133 Å². The van der Waals surface area contributed by atoms with Gasteiger partial charge in [0.25, 0.3) is 10.0 Å². The minimum absolute atomic E-state index is 0.0141. The van der Waals surface area contributed by atoms with Crippen LogP contribution in [0.5, 0.6) is 0 Å². The number of amidine groups is 1. The Hall–Kier alpha value is -1.90. The van der Waals surface area contributed by atoms with Crippen molar-refractivity contribution >= 4 is 27.5 Å². The van der Waals surface area contributed by atoms with E-state index in [1.54, 1.807) is 0 Å². The van der Waals surface area contributed by atoms with Crippen LogP contribution in [0.1, 0.15) is 0 Å². The Morgan fingerprint density at radius 1 is 1.59 bits per heavy atom. The summed E-state index contributed by atoms with van der Waals surface area (Å²) in [7, 11) is -2.76. The highest BCUT2D eigenvalue weighted by atomic mass is 35.5. The predicted octanol–water partition coefficient (Wildman–Crippen LogP) is 2.09. The zero-order valence-electron chi connectivity index (χ0n) is 11.7. The molecule has 0 spiro atoms. The minimum atomic E-state index is -4.07. The van der Waals surface area contributed by atoms with Crippen LogP contribution < -0.4 is 5.73 Å².